The van der Waals surface area contributed by atoms with Crippen molar-refractivity contribution in [3.63, 3.8) is 0 Å². The van der Waals surface area contributed by atoms with Gasteiger partial charge in [-0.25, -0.2) is 26.2 Å². The average molecular weight is 497 g/mol. The fourth-order valence-corrected chi connectivity index (χ4v) is 7.59. The molecule has 1 atom stereocenters. The van der Waals surface area contributed by atoms with Crippen LogP contribution in [0.4, 0.5) is 5.82 Å². The summed E-state index contributed by atoms with van der Waals surface area (Å²) in [4.78, 5) is 12.9. The summed E-state index contributed by atoms with van der Waals surface area (Å²) in [6, 6.07) is 5.39. The van der Waals surface area contributed by atoms with Gasteiger partial charge in [-0.3, -0.25) is 4.79 Å². The van der Waals surface area contributed by atoms with Gasteiger partial charge in [-0.1, -0.05) is 12.8 Å². The second kappa shape index (κ2) is 9.07. The zero-order valence-electron chi connectivity index (χ0n) is 18.6. The maximum absolute atomic E-state index is 13.0. The third-order valence-electron chi connectivity index (χ3n) is 6.05. The minimum atomic E-state index is -3.88. The van der Waals surface area contributed by atoms with Crippen LogP contribution in [0.1, 0.15) is 54.2 Å². The largest absolute Gasteiger partial charge is 0.495 e. The van der Waals surface area contributed by atoms with Crippen LogP contribution in [0.3, 0.4) is 0 Å². The monoisotopic (exact) mass is 496 g/mol. The van der Waals surface area contributed by atoms with Crippen LogP contribution in [0.2, 0.25) is 0 Å². The van der Waals surface area contributed by atoms with Gasteiger partial charge in [-0.05, 0) is 44.4 Å². The maximum Gasteiger partial charge on any atom is 0.256 e. The zero-order valence-corrected chi connectivity index (χ0v) is 20.2. The fraction of sp³-hybridized carbons (Fsp3) is 0.524. The van der Waals surface area contributed by atoms with Crippen molar-refractivity contribution in [1.29, 1.82) is 0 Å². The molecule has 2 N–H and O–H groups in total. The number of aryl methyl sites for hydroxylation is 1. The Hall–Kier alpha value is -2.44. The first kappa shape index (κ1) is 23.7. The number of rotatable bonds is 7. The van der Waals surface area contributed by atoms with Gasteiger partial charge in [0.1, 0.15) is 16.5 Å². The van der Waals surface area contributed by atoms with Crippen LogP contribution in [0.25, 0.3) is 0 Å². The number of benzene rings is 1. The van der Waals surface area contributed by atoms with E-state index in [0.29, 0.717) is 17.9 Å². The molecule has 2 heterocycles. The second-order valence-electron chi connectivity index (χ2n) is 8.59. The number of anilines is 1. The van der Waals surface area contributed by atoms with Crippen LogP contribution < -0.4 is 14.8 Å². The Kier molecular flexibility index (Phi) is 6.52. The number of nitrogens with zero attached hydrogens (tertiary/aromatic N) is 2. The van der Waals surface area contributed by atoms with Gasteiger partial charge in [0.15, 0.2) is 9.84 Å². The van der Waals surface area contributed by atoms with E-state index in [2.05, 4.69) is 15.1 Å². The number of ether oxygens (including phenoxy) is 1. The molecule has 2 aromatic rings. The topological polar surface area (TPSA) is 136 Å². The quantitative estimate of drug-likeness (QED) is 0.598. The minimum Gasteiger partial charge on any atom is -0.495 e. The summed E-state index contributed by atoms with van der Waals surface area (Å²) in [6.45, 7) is 1.75. The molecule has 1 unspecified atom stereocenters. The number of carbonyl (C=O) groups is 1. The number of amides is 1. The van der Waals surface area contributed by atoms with Crippen molar-refractivity contribution in [3.8, 4) is 5.75 Å². The first-order chi connectivity index (χ1) is 15.6. The summed E-state index contributed by atoms with van der Waals surface area (Å²) < 4.78 is 59.3. The molecule has 1 aromatic carbocycles. The highest BCUT2D eigenvalue weighted by molar-refractivity contribution is 7.91. The van der Waals surface area contributed by atoms with Crippen molar-refractivity contribution in [3.05, 3.63) is 35.5 Å². The number of aromatic nitrogens is 2. The number of methoxy groups -OCH3 is 1. The highest BCUT2D eigenvalue weighted by Gasteiger charge is 2.32. The van der Waals surface area contributed by atoms with Gasteiger partial charge < -0.3 is 10.1 Å². The van der Waals surface area contributed by atoms with Gasteiger partial charge in [-0.2, -0.15) is 5.10 Å². The number of sulfone groups is 1. The lowest BCUT2D eigenvalue weighted by Crippen LogP contribution is -2.33. The van der Waals surface area contributed by atoms with Gasteiger partial charge in [-0.15, -0.1) is 0 Å². The van der Waals surface area contributed by atoms with Gasteiger partial charge in [0.25, 0.3) is 5.91 Å². The molecule has 180 valence electrons. The van der Waals surface area contributed by atoms with Crippen molar-refractivity contribution >= 4 is 31.6 Å². The van der Waals surface area contributed by atoms with Gasteiger partial charge in [0.2, 0.25) is 10.0 Å². The summed E-state index contributed by atoms with van der Waals surface area (Å²) >= 11 is 0. The van der Waals surface area contributed by atoms with Crippen molar-refractivity contribution in [1.82, 2.24) is 14.5 Å². The Bertz CT molecular complexity index is 1260. The van der Waals surface area contributed by atoms with E-state index in [1.54, 1.807) is 13.0 Å². The molecule has 1 amide bonds. The standard InChI is InChI=1S/C21H28N4O6S2/c1-14-11-20(25(23-14)17-9-10-32(27,28)13-17)22-21(26)15-7-8-18(31-2)19(12-15)33(29,30)24-16-5-3-4-6-16/h7-8,11-12,16-17,24H,3-6,9-10,13H2,1-2H3,(H,22,26). The SMILES string of the molecule is COc1ccc(C(=O)Nc2cc(C)nn2C2CCS(=O)(=O)C2)cc1S(=O)(=O)NC1CCCC1. The van der Waals surface area contributed by atoms with E-state index < -0.39 is 25.8 Å². The molecule has 0 bridgehead atoms. The predicted molar refractivity (Wildman–Crippen MR) is 123 cm³/mol. The molecule has 33 heavy (non-hydrogen) atoms. The third kappa shape index (κ3) is 5.22. The van der Waals surface area contributed by atoms with E-state index >= 15 is 0 Å². The Morgan fingerprint density at radius 3 is 2.55 bits per heavy atom. The fourth-order valence-electron chi connectivity index (χ4n) is 4.40. The highest BCUT2D eigenvalue weighted by Crippen LogP contribution is 2.29. The minimum absolute atomic E-state index is 0.0330. The molecule has 10 nitrogen and oxygen atoms in total. The van der Waals surface area contributed by atoms with Crippen LogP contribution in [-0.2, 0) is 19.9 Å². The molecule has 1 saturated carbocycles. The molecular weight excluding hydrogens is 468 g/mol. The Labute approximate surface area is 193 Å². The van der Waals surface area contributed by atoms with Crippen LogP contribution in [0.5, 0.6) is 5.75 Å². The molecule has 4 rings (SSSR count). The van der Waals surface area contributed by atoms with Crippen molar-refractivity contribution in [2.45, 2.75) is 56.0 Å². The van der Waals surface area contributed by atoms with Crippen LogP contribution >= 0.6 is 0 Å². The van der Waals surface area contributed by atoms with Crippen LogP contribution in [0, 0.1) is 6.92 Å². The second-order valence-corrected chi connectivity index (χ2v) is 12.5. The molecule has 1 aliphatic carbocycles. The molecule has 12 heteroatoms. The average Bonchev–Trinajstić information content (AvgIpc) is 3.47. The maximum atomic E-state index is 13.0. The summed E-state index contributed by atoms with van der Waals surface area (Å²) in [5, 5.41) is 7.11. The molecule has 1 saturated heterocycles. The Balaban J connectivity index is 1.59. The first-order valence-corrected chi connectivity index (χ1v) is 14.2. The summed E-state index contributed by atoms with van der Waals surface area (Å²) in [7, 11) is -5.64. The van der Waals surface area contributed by atoms with Gasteiger partial charge >= 0.3 is 0 Å². The molecule has 2 aliphatic rings. The molecule has 0 radical (unpaired) electrons. The van der Waals surface area contributed by atoms with E-state index in [9.17, 15) is 21.6 Å². The van der Waals surface area contributed by atoms with E-state index in [-0.39, 0.29) is 39.8 Å². The summed E-state index contributed by atoms with van der Waals surface area (Å²) in [6.07, 6.45) is 3.93. The Morgan fingerprint density at radius 1 is 1.18 bits per heavy atom. The summed E-state index contributed by atoms with van der Waals surface area (Å²) in [5.74, 6) is 0.0295. The molecule has 0 spiro atoms. The molecular formula is C21H28N4O6S2. The molecule has 1 aromatic heterocycles. The number of hydrogen-bond acceptors (Lipinski definition) is 7. The molecule has 1 aliphatic heterocycles. The van der Waals surface area contributed by atoms with E-state index in [0.717, 1.165) is 25.7 Å². The number of nitrogens with one attached hydrogen (secondary N) is 2. The first-order valence-electron chi connectivity index (χ1n) is 10.9. The lowest BCUT2D eigenvalue weighted by Gasteiger charge is -2.16. The predicted octanol–water partition coefficient (Wildman–Crippen LogP) is 2.03. The Morgan fingerprint density at radius 2 is 1.91 bits per heavy atom. The van der Waals surface area contributed by atoms with Crippen molar-refractivity contribution in [2.75, 3.05) is 23.9 Å². The number of sulfonamides is 1. The van der Waals surface area contributed by atoms with Gasteiger partial charge in [0.05, 0.1) is 30.4 Å². The normalized spacial score (nSPS) is 20.7. The van der Waals surface area contributed by atoms with Crippen LogP contribution in [-0.4, -0.2) is 57.2 Å². The van der Waals surface area contributed by atoms with E-state index in [4.69, 9.17) is 4.74 Å². The lowest BCUT2D eigenvalue weighted by atomic mass is 10.2. The van der Waals surface area contributed by atoms with Gasteiger partial charge in [0, 0.05) is 17.7 Å². The molecule has 2 fully saturated rings. The van der Waals surface area contributed by atoms with E-state index in [1.165, 1.54) is 30.0 Å². The smallest absolute Gasteiger partial charge is 0.256 e. The highest BCUT2D eigenvalue weighted by atomic mass is 32.2. The third-order valence-corrected chi connectivity index (χ3v) is 9.34. The van der Waals surface area contributed by atoms with E-state index in [1.807, 2.05) is 0 Å². The lowest BCUT2D eigenvalue weighted by molar-refractivity contribution is 0.102. The summed E-state index contributed by atoms with van der Waals surface area (Å²) in [5.41, 5.74) is 0.764. The van der Waals surface area contributed by atoms with Crippen molar-refractivity contribution in [2.24, 2.45) is 0 Å². The van der Waals surface area contributed by atoms with Crippen molar-refractivity contribution < 1.29 is 26.4 Å². The zero-order chi connectivity index (χ0) is 23.8. The van der Waals surface area contributed by atoms with Crippen LogP contribution in [0.15, 0.2) is 29.2 Å². The number of hydrogen-bond donors (Lipinski definition) is 2. The number of carbonyl (C=O) groups excluding carboxylic acids is 1.